The lowest BCUT2D eigenvalue weighted by molar-refractivity contribution is 0.0500. The number of imidazole rings is 1. The van der Waals surface area contributed by atoms with E-state index >= 15 is 0 Å². The minimum Gasteiger partial charge on any atom is -0.424 e. The fourth-order valence-corrected chi connectivity index (χ4v) is 2.86. The molecule has 0 spiro atoms. The maximum Gasteiger partial charge on any atom is 0.514 e. The second-order valence-electron chi connectivity index (χ2n) is 7.54. The van der Waals surface area contributed by atoms with E-state index in [1.54, 1.807) is 36.8 Å². The van der Waals surface area contributed by atoms with E-state index in [2.05, 4.69) is 25.8 Å². The molecule has 1 aromatic heterocycles. The van der Waals surface area contributed by atoms with E-state index in [1.165, 1.54) is 0 Å². The second kappa shape index (κ2) is 8.48. The fraction of sp³-hybridized carbons (Fsp3) is 0.273. The molecule has 0 aliphatic rings. The van der Waals surface area contributed by atoms with Crippen LogP contribution in [0.4, 0.5) is 4.79 Å². The summed E-state index contributed by atoms with van der Waals surface area (Å²) >= 11 is 5.97. The number of halogens is 1. The zero-order valence-electron chi connectivity index (χ0n) is 16.1. The van der Waals surface area contributed by atoms with Crippen molar-refractivity contribution in [1.82, 2.24) is 9.55 Å². The average Bonchev–Trinajstić information content (AvgIpc) is 3.14. The van der Waals surface area contributed by atoms with Gasteiger partial charge in [-0.15, -0.1) is 0 Å². The van der Waals surface area contributed by atoms with Crippen molar-refractivity contribution in [2.75, 3.05) is 0 Å². The van der Waals surface area contributed by atoms with E-state index in [9.17, 15) is 4.79 Å². The van der Waals surface area contributed by atoms with Crippen LogP contribution in [0.25, 0.3) is 0 Å². The van der Waals surface area contributed by atoms with E-state index in [1.807, 2.05) is 35.0 Å². The molecular weight excluding hydrogens is 376 g/mol. The summed E-state index contributed by atoms with van der Waals surface area (Å²) in [5.74, 6) is 0.440. The molecule has 0 saturated heterocycles. The van der Waals surface area contributed by atoms with Crippen LogP contribution in [0.5, 0.6) is 5.75 Å². The van der Waals surface area contributed by atoms with Gasteiger partial charge in [-0.3, -0.25) is 0 Å². The van der Waals surface area contributed by atoms with Crippen molar-refractivity contribution in [1.29, 1.82) is 0 Å². The third-order valence-electron chi connectivity index (χ3n) is 4.34. The Hall–Kier alpha value is -2.79. The van der Waals surface area contributed by atoms with E-state index in [0.717, 1.165) is 11.1 Å². The van der Waals surface area contributed by atoms with Crippen LogP contribution in [-0.2, 0) is 16.7 Å². The van der Waals surface area contributed by atoms with E-state index in [4.69, 9.17) is 21.1 Å². The number of rotatable bonds is 5. The molecule has 0 saturated carbocycles. The highest BCUT2D eigenvalue weighted by Crippen LogP contribution is 2.26. The van der Waals surface area contributed by atoms with Crippen LogP contribution in [0.3, 0.4) is 0 Å². The summed E-state index contributed by atoms with van der Waals surface area (Å²) < 4.78 is 12.8. The molecule has 0 aliphatic heterocycles. The molecule has 2 aromatic carbocycles. The number of benzene rings is 2. The summed E-state index contributed by atoms with van der Waals surface area (Å²) in [7, 11) is 0. The van der Waals surface area contributed by atoms with Crippen LogP contribution in [0.2, 0.25) is 5.02 Å². The van der Waals surface area contributed by atoms with E-state index in [0.29, 0.717) is 17.3 Å². The van der Waals surface area contributed by atoms with Gasteiger partial charge < -0.3 is 14.0 Å². The first-order valence-corrected chi connectivity index (χ1v) is 9.39. The Bertz CT molecular complexity index is 898. The minimum atomic E-state index is -0.761. The highest BCUT2D eigenvalue weighted by Gasteiger charge is 2.20. The first-order chi connectivity index (χ1) is 13.3. The van der Waals surface area contributed by atoms with Crippen molar-refractivity contribution < 1.29 is 14.3 Å². The van der Waals surface area contributed by atoms with Gasteiger partial charge >= 0.3 is 6.16 Å². The zero-order chi connectivity index (χ0) is 20.1. The molecule has 28 heavy (non-hydrogen) atoms. The van der Waals surface area contributed by atoms with Crippen LogP contribution in [0, 0.1) is 0 Å². The molecule has 1 unspecified atom stereocenters. The van der Waals surface area contributed by atoms with Crippen LogP contribution >= 0.6 is 11.6 Å². The first kappa shape index (κ1) is 20.0. The summed E-state index contributed by atoms with van der Waals surface area (Å²) in [4.78, 5) is 16.4. The fourth-order valence-electron chi connectivity index (χ4n) is 2.73. The van der Waals surface area contributed by atoms with Gasteiger partial charge in [0, 0.05) is 17.4 Å². The molecule has 6 heteroatoms. The van der Waals surface area contributed by atoms with Gasteiger partial charge in [-0.1, -0.05) is 56.6 Å². The molecule has 0 N–H and O–H groups in total. The number of carbonyl (C=O) groups excluding carboxylic acids is 1. The van der Waals surface area contributed by atoms with Gasteiger partial charge in [0.15, 0.2) is 0 Å². The molecule has 146 valence electrons. The molecule has 3 aromatic rings. The summed E-state index contributed by atoms with van der Waals surface area (Å²) in [6.45, 7) is 6.80. The third-order valence-corrected chi connectivity index (χ3v) is 4.59. The summed E-state index contributed by atoms with van der Waals surface area (Å²) in [6, 6.07) is 14.6. The molecule has 3 rings (SSSR count). The Labute approximate surface area is 169 Å². The van der Waals surface area contributed by atoms with Crippen molar-refractivity contribution in [3.05, 3.63) is 83.4 Å². The van der Waals surface area contributed by atoms with Crippen LogP contribution in [0.1, 0.15) is 38.0 Å². The van der Waals surface area contributed by atoms with Crippen molar-refractivity contribution >= 4 is 17.8 Å². The lowest BCUT2D eigenvalue weighted by Crippen LogP contribution is -2.19. The van der Waals surface area contributed by atoms with Crippen LogP contribution in [-0.4, -0.2) is 15.7 Å². The molecule has 0 aliphatic carbocycles. The van der Waals surface area contributed by atoms with E-state index < -0.39 is 12.3 Å². The maximum absolute atomic E-state index is 12.4. The molecule has 0 fully saturated rings. The number of hydrogen-bond acceptors (Lipinski definition) is 4. The topological polar surface area (TPSA) is 53.4 Å². The standard InChI is InChI=1S/C22H23ClN2O3/c1-22(2,3)17-6-10-19(11-7-17)27-21(26)28-20(14-25-13-12-24-15-25)16-4-8-18(23)9-5-16/h4-13,15,20H,14H2,1-3H3. The molecule has 1 atom stereocenters. The highest BCUT2D eigenvalue weighted by atomic mass is 35.5. The quantitative estimate of drug-likeness (QED) is 0.403. The van der Waals surface area contributed by atoms with Gasteiger partial charge in [-0.2, -0.15) is 0 Å². The van der Waals surface area contributed by atoms with Crippen LogP contribution in [0.15, 0.2) is 67.3 Å². The summed E-state index contributed by atoms with van der Waals surface area (Å²) in [5.41, 5.74) is 2.01. The van der Waals surface area contributed by atoms with E-state index in [-0.39, 0.29) is 5.41 Å². The monoisotopic (exact) mass is 398 g/mol. The predicted octanol–water partition coefficient (Wildman–Crippen LogP) is 5.79. The minimum absolute atomic E-state index is 0.0313. The summed E-state index contributed by atoms with van der Waals surface area (Å²) in [6.07, 6.45) is 3.86. The van der Waals surface area contributed by atoms with Gasteiger partial charge in [-0.25, -0.2) is 9.78 Å². The Morgan fingerprint density at radius 2 is 1.79 bits per heavy atom. The zero-order valence-corrected chi connectivity index (χ0v) is 16.9. The Morgan fingerprint density at radius 1 is 1.11 bits per heavy atom. The van der Waals surface area contributed by atoms with Crippen molar-refractivity contribution in [3.8, 4) is 5.75 Å². The largest absolute Gasteiger partial charge is 0.514 e. The molecule has 1 heterocycles. The van der Waals surface area contributed by atoms with Crippen molar-refractivity contribution in [3.63, 3.8) is 0 Å². The lowest BCUT2D eigenvalue weighted by atomic mass is 9.87. The maximum atomic E-state index is 12.4. The Morgan fingerprint density at radius 3 is 2.36 bits per heavy atom. The molecular formula is C22H23ClN2O3. The number of ether oxygens (including phenoxy) is 2. The van der Waals surface area contributed by atoms with Gasteiger partial charge in [0.05, 0.1) is 12.9 Å². The Kier molecular flexibility index (Phi) is 6.05. The molecule has 0 amide bonds. The molecule has 0 radical (unpaired) electrons. The second-order valence-corrected chi connectivity index (χ2v) is 7.98. The number of hydrogen-bond donors (Lipinski definition) is 0. The first-order valence-electron chi connectivity index (χ1n) is 9.01. The number of carbonyl (C=O) groups is 1. The smallest absolute Gasteiger partial charge is 0.424 e. The van der Waals surface area contributed by atoms with Gasteiger partial charge in [-0.05, 0) is 40.8 Å². The number of nitrogens with zero attached hydrogens (tertiary/aromatic N) is 2. The number of aromatic nitrogens is 2. The average molecular weight is 399 g/mol. The molecule has 0 bridgehead atoms. The van der Waals surface area contributed by atoms with Gasteiger partial charge in [0.1, 0.15) is 11.9 Å². The Balaban J connectivity index is 1.70. The van der Waals surface area contributed by atoms with Gasteiger partial charge in [0.25, 0.3) is 0 Å². The van der Waals surface area contributed by atoms with Crippen molar-refractivity contribution in [2.45, 2.75) is 38.8 Å². The summed E-state index contributed by atoms with van der Waals surface area (Å²) in [5, 5.41) is 0.617. The predicted molar refractivity (Wildman–Crippen MR) is 109 cm³/mol. The highest BCUT2D eigenvalue weighted by molar-refractivity contribution is 6.30. The third kappa shape index (κ3) is 5.36. The SMILES string of the molecule is CC(C)(C)c1ccc(OC(=O)OC(Cn2ccnc2)c2ccc(Cl)cc2)cc1. The lowest BCUT2D eigenvalue weighted by Gasteiger charge is -2.20. The van der Waals surface area contributed by atoms with Gasteiger partial charge in [0.2, 0.25) is 0 Å². The van der Waals surface area contributed by atoms with Crippen molar-refractivity contribution in [2.24, 2.45) is 0 Å². The van der Waals surface area contributed by atoms with Crippen LogP contribution < -0.4 is 4.74 Å². The molecule has 5 nitrogen and oxygen atoms in total. The normalized spacial score (nSPS) is 12.4.